The number of benzene rings is 1. The summed E-state index contributed by atoms with van der Waals surface area (Å²) in [6.45, 7) is 7.94. The van der Waals surface area contributed by atoms with Crippen molar-refractivity contribution in [3.8, 4) is 0 Å². The first-order chi connectivity index (χ1) is 8.69. The normalized spacial score (nSPS) is 20.5. The molecule has 1 aliphatic heterocycles. The van der Waals surface area contributed by atoms with Crippen LogP contribution in [0.15, 0.2) is 22.7 Å². The van der Waals surface area contributed by atoms with Crippen molar-refractivity contribution in [1.82, 2.24) is 10.2 Å². The molecule has 0 aromatic heterocycles. The van der Waals surface area contributed by atoms with E-state index >= 15 is 0 Å². The predicted octanol–water partition coefficient (Wildman–Crippen LogP) is 3.53. The van der Waals surface area contributed by atoms with Crippen molar-refractivity contribution in [2.45, 2.75) is 19.9 Å². The van der Waals surface area contributed by atoms with Crippen molar-refractivity contribution in [2.75, 3.05) is 26.2 Å². The lowest BCUT2D eigenvalue weighted by molar-refractivity contribution is 0.339. The van der Waals surface area contributed by atoms with E-state index in [1.165, 1.54) is 31.6 Å². The van der Waals surface area contributed by atoms with Crippen LogP contribution in [0.4, 0.5) is 0 Å². The Balaban J connectivity index is 1.73. The Hall–Kier alpha value is -0.0900. The third-order valence-electron chi connectivity index (χ3n) is 3.56. The first-order valence-corrected chi connectivity index (χ1v) is 7.73. The summed E-state index contributed by atoms with van der Waals surface area (Å²) in [5, 5.41) is 4.32. The van der Waals surface area contributed by atoms with Gasteiger partial charge in [-0.25, -0.2) is 0 Å². The van der Waals surface area contributed by atoms with Gasteiger partial charge in [-0.2, -0.15) is 0 Å². The van der Waals surface area contributed by atoms with Crippen molar-refractivity contribution in [3.05, 3.63) is 33.3 Å². The van der Waals surface area contributed by atoms with Gasteiger partial charge in [0.1, 0.15) is 0 Å². The van der Waals surface area contributed by atoms with Gasteiger partial charge < -0.3 is 10.2 Å². The molecule has 4 heteroatoms. The smallest absolute Gasteiger partial charge is 0.0548 e. The molecule has 1 fully saturated rings. The lowest BCUT2D eigenvalue weighted by Crippen LogP contribution is -2.26. The molecule has 0 amide bonds. The first-order valence-electron chi connectivity index (χ1n) is 6.56. The molecule has 2 rings (SSSR count). The van der Waals surface area contributed by atoms with Crippen molar-refractivity contribution < 1.29 is 0 Å². The minimum absolute atomic E-state index is 0.771. The maximum Gasteiger partial charge on any atom is 0.0548 e. The number of rotatable bonds is 5. The zero-order chi connectivity index (χ0) is 13.0. The Kier molecular flexibility index (Phi) is 5.49. The van der Waals surface area contributed by atoms with Gasteiger partial charge >= 0.3 is 0 Å². The average molecular weight is 332 g/mol. The van der Waals surface area contributed by atoms with Gasteiger partial charge in [0.15, 0.2) is 0 Å². The number of hydrogen-bond donors (Lipinski definition) is 1. The van der Waals surface area contributed by atoms with Gasteiger partial charge in [0.25, 0.3) is 0 Å². The Morgan fingerprint density at radius 3 is 3.00 bits per heavy atom. The highest BCUT2D eigenvalue weighted by Gasteiger charge is 2.20. The van der Waals surface area contributed by atoms with E-state index in [4.69, 9.17) is 11.6 Å². The molecule has 2 nitrogen and oxygen atoms in total. The van der Waals surface area contributed by atoms with Crippen molar-refractivity contribution in [3.63, 3.8) is 0 Å². The standard InChI is InChI=1S/C14H20BrClN2/c1-2-18-6-5-12(10-18)9-17-8-11-3-4-14(16)13(15)7-11/h3-4,7,12,17H,2,5-6,8-10H2,1H3. The van der Waals surface area contributed by atoms with Crippen LogP contribution in [0.25, 0.3) is 0 Å². The zero-order valence-electron chi connectivity index (χ0n) is 10.8. The molecule has 1 heterocycles. The summed E-state index contributed by atoms with van der Waals surface area (Å²) in [5.74, 6) is 0.806. The van der Waals surface area contributed by atoms with Crippen LogP contribution < -0.4 is 5.32 Å². The molecule has 0 saturated carbocycles. The fourth-order valence-corrected chi connectivity index (χ4v) is 2.98. The van der Waals surface area contributed by atoms with E-state index in [9.17, 15) is 0 Å². The summed E-state index contributed by atoms with van der Waals surface area (Å²) in [7, 11) is 0. The number of hydrogen-bond acceptors (Lipinski definition) is 2. The van der Waals surface area contributed by atoms with E-state index in [0.717, 1.165) is 28.5 Å². The van der Waals surface area contributed by atoms with Crippen molar-refractivity contribution in [2.24, 2.45) is 5.92 Å². The second kappa shape index (κ2) is 6.90. The molecular formula is C14H20BrClN2. The number of likely N-dealkylation sites (tertiary alicyclic amines) is 1. The molecule has 1 aromatic carbocycles. The summed E-state index contributed by atoms with van der Waals surface area (Å²) >= 11 is 9.43. The molecule has 1 unspecified atom stereocenters. The highest BCUT2D eigenvalue weighted by Crippen LogP contribution is 2.23. The molecule has 1 saturated heterocycles. The molecule has 0 radical (unpaired) electrons. The van der Waals surface area contributed by atoms with Crippen LogP contribution in [0.2, 0.25) is 5.02 Å². The molecule has 1 aliphatic rings. The monoisotopic (exact) mass is 330 g/mol. The lowest BCUT2D eigenvalue weighted by atomic mass is 10.1. The summed E-state index contributed by atoms with van der Waals surface area (Å²) in [6, 6.07) is 6.10. The number of nitrogens with one attached hydrogen (secondary N) is 1. The summed E-state index contributed by atoms with van der Waals surface area (Å²) < 4.78 is 0.974. The fourth-order valence-electron chi connectivity index (χ4n) is 2.44. The van der Waals surface area contributed by atoms with Crippen LogP contribution in [0.5, 0.6) is 0 Å². The largest absolute Gasteiger partial charge is 0.312 e. The van der Waals surface area contributed by atoms with Gasteiger partial charge in [0, 0.05) is 17.6 Å². The van der Waals surface area contributed by atoms with Gasteiger partial charge in [-0.3, -0.25) is 0 Å². The topological polar surface area (TPSA) is 15.3 Å². The van der Waals surface area contributed by atoms with Crippen LogP contribution >= 0.6 is 27.5 Å². The quantitative estimate of drug-likeness (QED) is 0.888. The van der Waals surface area contributed by atoms with E-state index in [0.29, 0.717) is 0 Å². The Morgan fingerprint density at radius 2 is 2.33 bits per heavy atom. The molecular weight excluding hydrogens is 312 g/mol. The highest BCUT2D eigenvalue weighted by molar-refractivity contribution is 9.10. The van der Waals surface area contributed by atoms with Crippen molar-refractivity contribution >= 4 is 27.5 Å². The molecule has 0 spiro atoms. The molecule has 0 bridgehead atoms. The highest BCUT2D eigenvalue weighted by atomic mass is 79.9. The SMILES string of the molecule is CCN1CCC(CNCc2ccc(Cl)c(Br)c2)C1. The van der Waals surface area contributed by atoms with Gasteiger partial charge in [-0.15, -0.1) is 0 Å². The minimum atomic E-state index is 0.771. The van der Waals surface area contributed by atoms with E-state index < -0.39 is 0 Å². The third kappa shape index (κ3) is 3.95. The lowest BCUT2D eigenvalue weighted by Gasteiger charge is -2.14. The van der Waals surface area contributed by atoms with E-state index in [1.807, 2.05) is 6.07 Å². The maximum absolute atomic E-state index is 5.98. The molecule has 1 atom stereocenters. The predicted molar refractivity (Wildman–Crippen MR) is 81.1 cm³/mol. The fraction of sp³-hybridized carbons (Fsp3) is 0.571. The van der Waals surface area contributed by atoms with Crippen LogP contribution in [0, 0.1) is 5.92 Å². The molecule has 1 aromatic rings. The van der Waals surface area contributed by atoms with Gasteiger partial charge in [-0.1, -0.05) is 24.6 Å². The number of halogens is 2. The summed E-state index contributed by atoms with van der Waals surface area (Å²) in [6.07, 6.45) is 1.32. The molecule has 100 valence electrons. The minimum Gasteiger partial charge on any atom is -0.312 e. The average Bonchev–Trinajstić information content (AvgIpc) is 2.82. The Morgan fingerprint density at radius 1 is 1.50 bits per heavy atom. The van der Waals surface area contributed by atoms with Gasteiger partial charge in [-0.05, 0) is 65.6 Å². The summed E-state index contributed by atoms with van der Waals surface area (Å²) in [5.41, 5.74) is 1.27. The Labute approximate surface area is 123 Å². The Bertz CT molecular complexity index is 397. The molecule has 1 N–H and O–H groups in total. The molecule has 0 aliphatic carbocycles. The van der Waals surface area contributed by atoms with E-state index in [1.54, 1.807) is 0 Å². The van der Waals surface area contributed by atoms with Crippen LogP contribution in [0.1, 0.15) is 18.9 Å². The molecule has 18 heavy (non-hydrogen) atoms. The number of nitrogens with zero attached hydrogens (tertiary/aromatic N) is 1. The maximum atomic E-state index is 5.98. The summed E-state index contributed by atoms with van der Waals surface area (Å²) in [4.78, 5) is 2.52. The third-order valence-corrected chi connectivity index (χ3v) is 4.78. The zero-order valence-corrected chi connectivity index (χ0v) is 13.1. The van der Waals surface area contributed by atoms with Crippen LogP contribution in [0.3, 0.4) is 0 Å². The van der Waals surface area contributed by atoms with Crippen LogP contribution in [-0.4, -0.2) is 31.1 Å². The van der Waals surface area contributed by atoms with E-state index in [2.05, 4.69) is 45.2 Å². The first kappa shape index (κ1) is 14.3. The van der Waals surface area contributed by atoms with Crippen LogP contribution in [-0.2, 0) is 6.54 Å². The second-order valence-corrected chi connectivity index (χ2v) is 6.19. The van der Waals surface area contributed by atoms with E-state index in [-0.39, 0.29) is 0 Å². The van der Waals surface area contributed by atoms with Crippen molar-refractivity contribution in [1.29, 1.82) is 0 Å². The van der Waals surface area contributed by atoms with Gasteiger partial charge in [0.2, 0.25) is 0 Å². The second-order valence-electron chi connectivity index (χ2n) is 4.93. The van der Waals surface area contributed by atoms with Gasteiger partial charge in [0.05, 0.1) is 5.02 Å².